The van der Waals surface area contributed by atoms with E-state index in [1.165, 1.54) is 5.56 Å². The van der Waals surface area contributed by atoms with Crippen LogP contribution in [0.2, 0.25) is 0 Å². The lowest BCUT2D eigenvalue weighted by molar-refractivity contribution is -0.0310. The Balaban J connectivity index is 1.53. The number of carbonyl (C=O) groups is 1. The Bertz CT molecular complexity index is 494. The van der Waals surface area contributed by atoms with Crippen LogP contribution >= 0.6 is 15.9 Å². The molecule has 6 heteroatoms. The SMILES string of the molecule is O=C1OCCN1CCN1CCO[C@@H](c2ccc(Br)cc2)C1. The predicted octanol–water partition coefficient (Wildman–Crippen LogP) is 2.27. The fourth-order valence-corrected chi connectivity index (χ4v) is 2.94. The fraction of sp³-hybridized carbons (Fsp3) is 0.533. The van der Waals surface area contributed by atoms with Gasteiger partial charge in [0.25, 0.3) is 0 Å². The molecule has 2 aliphatic rings. The highest BCUT2D eigenvalue weighted by Crippen LogP contribution is 2.23. The second-order valence-corrected chi connectivity index (χ2v) is 6.23. The van der Waals surface area contributed by atoms with E-state index in [1.54, 1.807) is 4.90 Å². The van der Waals surface area contributed by atoms with Gasteiger partial charge in [-0.15, -0.1) is 0 Å². The Hall–Kier alpha value is -1.11. The van der Waals surface area contributed by atoms with E-state index in [1.807, 2.05) is 12.1 Å². The average Bonchev–Trinajstić information content (AvgIpc) is 2.91. The van der Waals surface area contributed by atoms with Crippen molar-refractivity contribution in [2.45, 2.75) is 6.10 Å². The molecule has 0 bridgehead atoms. The van der Waals surface area contributed by atoms with E-state index in [9.17, 15) is 4.79 Å². The maximum atomic E-state index is 11.4. The van der Waals surface area contributed by atoms with Crippen LogP contribution in [-0.4, -0.2) is 61.8 Å². The number of ether oxygens (including phenoxy) is 2. The van der Waals surface area contributed by atoms with Crippen LogP contribution in [0.4, 0.5) is 4.79 Å². The third-order valence-electron chi connectivity index (χ3n) is 3.92. The molecular weight excluding hydrogens is 336 g/mol. The summed E-state index contributed by atoms with van der Waals surface area (Å²) < 4.78 is 11.9. The monoisotopic (exact) mass is 354 g/mol. The standard InChI is InChI=1S/C15H19BrN2O3/c16-13-3-1-12(2-4-13)14-11-17(7-9-20-14)5-6-18-8-10-21-15(18)19/h1-4,14H,5-11H2/t14-/m1/s1. The molecule has 5 nitrogen and oxygen atoms in total. The van der Waals surface area contributed by atoms with Crippen molar-refractivity contribution in [3.8, 4) is 0 Å². The van der Waals surface area contributed by atoms with Crippen LogP contribution in [0.25, 0.3) is 0 Å². The number of nitrogens with zero attached hydrogens (tertiary/aromatic N) is 2. The van der Waals surface area contributed by atoms with Gasteiger partial charge in [0, 0.05) is 30.7 Å². The minimum atomic E-state index is -0.187. The molecule has 0 spiro atoms. The van der Waals surface area contributed by atoms with E-state index in [-0.39, 0.29) is 12.2 Å². The Kier molecular flexibility index (Phi) is 4.77. The second kappa shape index (κ2) is 6.77. The summed E-state index contributed by atoms with van der Waals surface area (Å²) in [5.41, 5.74) is 1.20. The lowest BCUT2D eigenvalue weighted by Crippen LogP contribution is -2.42. The summed E-state index contributed by atoms with van der Waals surface area (Å²) in [6, 6.07) is 8.27. The molecule has 2 saturated heterocycles. The van der Waals surface area contributed by atoms with Gasteiger partial charge in [0.2, 0.25) is 0 Å². The van der Waals surface area contributed by atoms with Gasteiger partial charge >= 0.3 is 6.09 Å². The average molecular weight is 355 g/mol. The molecule has 0 unspecified atom stereocenters. The van der Waals surface area contributed by atoms with Crippen molar-refractivity contribution < 1.29 is 14.3 Å². The maximum absolute atomic E-state index is 11.4. The van der Waals surface area contributed by atoms with Crippen LogP contribution in [0.1, 0.15) is 11.7 Å². The van der Waals surface area contributed by atoms with Crippen LogP contribution in [-0.2, 0) is 9.47 Å². The molecule has 3 rings (SSSR count). The summed E-state index contributed by atoms with van der Waals surface area (Å²) in [5.74, 6) is 0. The summed E-state index contributed by atoms with van der Waals surface area (Å²) in [4.78, 5) is 15.5. The highest BCUT2D eigenvalue weighted by Gasteiger charge is 2.25. The molecule has 0 radical (unpaired) electrons. The van der Waals surface area contributed by atoms with Crippen molar-refractivity contribution in [2.24, 2.45) is 0 Å². The Morgan fingerprint density at radius 3 is 2.67 bits per heavy atom. The first-order valence-electron chi connectivity index (χ1n) is 7.23. The molecule has 1 aromatic rings. The Morgan fingerprint density at radius 2 is 1.95 bits per heavy atom. The van der Waals surface area contributed by atoms with Gasteiger partial charge in [0.05, 0.1) is 19.3 Å². The number of benzene rings is 1. The van der Waals surface area contributed by atoms with Crippen LogP contribution in [0.5, 0.6) is 0 Å². The maximum Gasteiger partial charge on any atom is 0.409 e. The Morgan fingerprint density at radius 1 is 1.14 bits per heavy atom. The number of amides is 1. The zero-order valence-corrected chi connectivity index (χ0v) is 13.4. The summed E-state index contributed by atoms with van der Waals surface area (Å²) in [7, 11) is 0. The van der Waals surface area contributed by atoms with Crippen molar-refractivity contribution in [3.05, 3.63) is 34.3 Å². The molecule has 114 valence electrons. The molecule has 1 aromatic carbocycles. The number of morpholine rings is 1. The van der Waals surface area contributed by atoms with Crippen molar-refractivity contribution in [1.82, 2.24) is 9.80 Å². The normalized spacial score (nSPS) is 23.4. The van der Waals surface area contributed by atoms with Gasteiger partial charge in [0.1, 0.15) is 6.61 Å². The van der Waals surface area contributed by atoms with E-state index >= 15 is 0 Å². The third kappa shape index (κ3) is 3.75. The zero-order chi connectivity index (χ0) is 14.7. The largest absolute Gasteiger partial charge is 0.448 e. The summed E-state index contributed by atoms with van der Waals surface area (Å²) in [6.07, 6.45) is -0.0786. The fourth-order valence-electron chi connectivity index (χ4n) is 2.68. The molecule has 0 N–H and O–H groups in total. The van der Waals surface area contributed by atoms with Crippen molar-refractivity contribution in [3.63, 3.8) is 0 Å². The Labute approximate surface area is 132 Å². The molecule has 0 aliphatic carbocycles. The molecule has 2 fully saturated rings. The first-order chi connectivity index (χ1) is 10.2. The number of hydrogen-bond donors (Lipinski definition) is 0. The van der Waals surface area contributed by atoms with Gasteiger partial charge in [-0.2, -0.15) is 0 Å². The minimum Gasteiger partial charge on any atom is -0.448 e. The van der Waals surface area contributed by atoms with E-state index in [0.29, 0.717) is 13.2 Å². The summed E-state index contributed by atoms with van der Waals surface area (Å²) >= 11 is 3.45. The molecule has 2 aliphatic heterocycles. The lowest BCUT2D eigenvalue weighted by atomic mass is 10.1. The molecule has 21 heavy (non-hydrogen) atoms. The summed E-state index contributed by atoms with van der Waals surface area (Å²) in [6.45, 7) is 5.33. The van der Waals surface area contributed by atoms with Gasteiger partial charge in [-0.1, -0.05) is 28.1 Å². The second-order valence-electron chi connectivity index (χ2n) is 5.31. The number of cyclic esters (lactones) is 1. The van der Waals surface area contributed by atoms with Crippen molar-refractivity contribution >= 4 is 22.0 Å². The van der Waals surface area contributed by atoms with E-state index in [0.717, 1.165) is 37.3 Å². The summed E-state index contributed by atoms with van der Waals surface area (Å²) in [5, 5.41) is 0. The van der Waals surface area contributed by atoms with Gasteiger partial charge < -0.3 is 14.4 Å². The van der Waals surface area contributed by atoms with Crippen molar-refractivity contribution in [1.29, 1.82) is 0 Å². The van der Waals surface area contributed by atoms with Crippen LogP contribution in [0.15, 0.2) is 28.7 Å². The number of hydrogen-bond acceptors (Lipinski definition) is 4. The molecular formula is C15H19BrN2O3. The van der Waals surface area contributed by atoms with Gasteiger partial charge in [-0.05, 0) is 17.7 Å². The number of halogens is 1. The van der Waals surface area contributed by atoms with Gasteiger partial charge in [0.15, 0.2) is 0 Å². The zero-order valence-electron chi connectivity index (χ0n) is 11.8. The number of carbonyl (C=O) groups excluding carboxylic acids is 1. The van der Waals surface area contributed by atoms with Crippen LogP contribution in [0.3, 0.4) is 0 Å². The minimum absolute atomic E-state index is 0.109. The highest BCUT2D eigenvalue weighted by molar-refractivity contribution is 9.10. The predicted molar refractivity (Wildman–Crippen MR) is 82.2 cm³/mol. The van der Waals surface area contributed by atoms with Crippen LogP contribution in [0, 0.1) is 0 Å². The molecule has 1 amide bonds. The third-order valence-corrected chi connectivity index (χ3v) is 4.45. The quantitative estimate of drug-likeness (QED) is 0.831. The van der Waals surface area contributed by atoms with E-state index in [2.05, 4.69) is 33.0 Å². The van der Waals surface area contributed by atoms with E-state index in [4.69, 9.17) is 9.47 Å². The number of rotatable bonds is 4. The smallest absolute Gasteiger partial charge is 0.409 e. The lowest BCUT2D eigenvalue weighted by Gasteiger charge is -2.33. The topological polar surface area (TPSA) is 42.0 Å². The van der Waals surface area contributed by atoms with Gasteiger partial charge in [-0.25, -0.2) is 4.79 Å². The molecule has 2 heterocycles. The van der Waals surface area contributed by atoms with Gasteiger partial charge in [-0.3, -0.25) is 4.90 Å². The van der Waals surface area contributed by atoms with E-state index < -0.39 is 0 Å². The molecule has 0 aromatic heterocycles. The first kappa shape index (κ1) is 14.8. The highest BCUT2D eigenvalue weighted by atomic mass is 79.9. The molecule has 0 saturated carbocycles. The van der Waals surface area contributed by atoms with Crippen LogP contribution < -0.4 is 0 Å². The first-order valence-corrected chi connectivity index (χ1v) is 8.03. The van der Waals surface area contributed by atoms with Crippen molar-refractivity contribution in [2.75, 3.05) is 45.9 Å². The molecule has 1 atom stereocenters.